The minimum absolute atomic E-state index is 0.0303. The van der Waals surface area contributed by atoms with Crippen molar-refractivity contribution >= 4 is 17.2 Å². The van der Waals surface area contributed by atoms with Crippen LogP contribution in [0.5, 0.6) is 0 Å². The van der Waals surface area contributed by atoms with Crippen LogP contribution >= 0.6 is 11.6 Å². The van der Waals surface area contributed by atoms with Crippen LogP contribution in [0.3, 0.4) is 0 Å². The maximum Gasteiger partial charge on any atom is 0.417 e. The zero-order chi connectivity index (χ0) is 20.6. The third kappa shape index (κ3) is 4.81. The average Bonchev–Trinajstić information content (AvgIpc) is 2.53. The van der Waals surface area contributed by atoms with Gasteiger partial charge in [0, 0.05) is 29.9 Å². The first-order valence-corrected chi connectivity index (χ1v) is 8.73. The number of allylic oxidation sites excluding steroid dienone is 2. The molecule has 27 heavy (non-hydrogen) atoms. The van der Waals surface area contributed by atoms with Crippen molar-refractivity contribution in [2.45, 2.75) is 39.5 Å². The number of hydrogen-bond donors (Lipinski definition) is 0. The molecular weight excluding hydrogens is 392 g/mol. The van der Waals surface area contributed by atoms with Crippen LogP contribution in [0.15, 0.2) is 35.5 Å². The molecule has 8 heteroatoms. The fourth-order valence-corrected chi connectivity index (χ4v) is 3.02. The van der Waals surface area contributed by atoms with E-state index in [2.05, 4.69) is 0 Å². The molecule has 1 aliphatic heterocycles. The van der Waals surface area contributed by atoms with E-state index in [1.165, 1.54) is 12.1 Å². The van der Waals surface area contributed by atoms with E-state index < -0.39 is 29.8 Å². The standard InChI is InChI=1S/C19H20ClF6N/c1-4-27-8-7-16(20)14(11-27)13-6-5-12(9-15(13)18(21,22)23)10-17(2,3)19(24,25)26/h5-7,9,11H,4,8,10H2,1-3H3. The predicted octanol–water partition coefficient (Wildman–Crippen LogP) is 6.64. The highest BCUT2D eigenvalue weighted by molar-refractivity contribution is 6.37. The van der Waals surface area contributed by atoms with Crippen molar-refractivity contribution < 1.29 is 26.3 Å². The molecule has 0 fully saturated rings. The van der Waals surface area contributed by atoms with Crippen molar-refractivity contribution in [3.05, 3.63) is 52.2 Å². The molecule has 0 spiro atoms. The Morgan fingerprint density at radius 1 is 1.07 bits per heavy atom. The van der Waals surface area contributed by atoms with Crippen molar-refractivity contribution in [2.24, 2.45) is 5.41 Å². The summed E-state index contributed by atoms with van der Waals surface area (Å²) in [5, 5.41) is 0.188. The molecule has 0 saturated carbocycles. The van der Waals surface area contributed by atoms with Crippen LogP contribution in [0, 0.1) is 5.41 Å². The summed E-state index contributed by atoms with van der Waals surface area (Å²) < 4.78 is 80.2. The van der Waals surface area contributed by atoms with Gasteiger partial charge in [0.1, 0.15) is 0 Å². The molecule has 2 rings (SSSR count). The van der Waals surface area contributed by atoms with Crippen LogP contribution in [0.25, 0.3) is 5.57 Å². The minimum Gasteiger partial charge on any atom is -0.373 e. The van der Waals surface area contributed by atoms with Gasteiger partial charge in [-0.3, -0.25) is 0 Å². The molecule has 150 valence electrons. The summed E-state index contributed by atoms with van der Waals surface area (Å²) in [4.78, 5) is 1.79. The van der Waals surface area contributed by atoms with Gasteiger partial charge in [0.15, 0.2) is 0 Å². The highest BCUT2D eigenvalue weighted by Crippen LogP contribution is 2.43. The lowest BCUT2D eigenvalue weighted by atomic mass is 9.83. The fourth-order valence-electron chi connectivity index (χ4n) is 2.80. The van der Waals surface area contributed by atoms with Gasteiger partial charge in [0.2, 0.25) is 0 Å². The molecule has 0 radical (unpaired) electrons. The second kappa shape index (κ2) is 7.41. The fraction of sp³-hybridized carbons (Fsp3) is 0.474. The van der Waals surface area contributed by atoms with Crippen molar-refractivity contribution in [1.82, 2.24) is 4.90 Å². The summed E-state index contributed by atoms with van der Waals surface area (Å²) in [6.07, 6.45) is -6.64. The summed E-state index contributed by atoms with van der Waals surface area (Å²) in [5.74, 6) is 0. The summed E-state index contributed by atoms with van der Waals surface area (Å²) in [7, 11) is 0. The van der Waals surface area contributed by atoms with Gasteiger partial charge in [-0.1, -0.05) is 37.6 Å². The summed E-state index contributed by atoms with van der Waals surface area (Å²) >= 11 is 6.12. The number of likely N-dealkylation sites (N-methyl/N-ethyl adjacent to an activating group) is 1. The van der Waals surface area contributed by atoms with Crippen LogP contribution in [0.1, 0.15) is 37.5 Å². The molecule has 1 heterocycles. The van der Waals surface area contributed by atoms with Gasteiger partial charge in [-0.25, -0.2) is 0 Å². The van der Waals surface area contributed by atoms with Gasteiger partial charge in [-0.2, -0.15) is 26.3 Å². The average molecular weight is 412 g/mol. The first-order valence-electron chi connectivity index (χ1n) is 8.35. The largest absolute Gasteiger partial charge is 0.417 e. The monoisotopic (exact) mass is 411 g/mol. The van der Waals surface area contributed by atoms with E-state index in [0.717, 1.165) is 19.9 Å². The maximum absolute atomic E-state index is 13.6. The molecule has 0 aromatic heterocycles. The smallest absolute Gasteiger partial charge is 0.373 e. The number of alkyl halides is 6. The molecule has 1 aromatic carbocycles. The van der Waals surface area contributed by atoms with Crippen LogP contribution < -0.4 is 0 Å². The first-order chi connectivity index (χ1) is 12.3. The molecule has 1 aromatic rings. The number of nitrogens with zero attached hydrogens (tertiary/aromatic N) is 1. The highest BCUT2D eigenvalue weighted by Gasteiger charge is 2.47. The summed E-state index contributed by atoms with van der Waals surface area (Å²) in [6.45, 7) is 4.86. The lowest BCUT2D eigenvalue weighted by Gasteiger charge is -2.29. The quantitative estimate of drug-likeness (QED) is 0.502. The van der Waals surface area contributed by atoms with Gasteiger partial charge in [-0.15, -0.1) is 0 Å². The zero-order valence-corrected chi connectivity index (χ0v) is 15.9. The third-order valence-electron chi connectivity index (χ3n) is 4.57. The van der Waals surface area contributed by atoms with E-state index >= 15 is 0 Å². The molecule has 1 nitrogen and oxygen atoms in total. The van der Waals surface area contributed by atoms with E-state index in [0.29, 0.717) is 13.1 Å². The molecule has 0 aliphatic carbocycles. The molecule has 0 N–H and O–H groups in total. The van der Waals surface area contributed by atoms with Gasteiger partial charge >= 0.3 is 12.4 Å². The Labute approximate surface area is 159 Å². The molecule has 0 atom stereocenters. The van der Waals surface area contributed by atoms with Gasteiger partial charge in [0.05, 0.1) is 11.0 Å². The summed E-state index contributed by atoms with van der Waals surface area (Å²) in [6, 6.07) is 3.29. The Morgan fingerprint density at radius 2 is 1.70 bits per heavy atom. The Hall–Kier alpha value is -1.63. The van der Waals surface area contributed by atoms with Crippen molar-refractivity contribution in [3.63, 3.8) is 0 Å². The van der Waals surface area contributed by atoms with E-state index in [4.69, 9.17) is 11.6 Å². The van der Waals surface area contributed by atoms with Crippen LogP contribution in [0.4, 0.5) is 26.3 Å². The number of hydrogen-bond acceptors (Lipinski definition) is 1. The van der Waals surface area contributed by atoms with Gasteiger partial charge in [0.25, 0.3) is 0 Å². The second-order valence-corrected chi connectivity index (χ2v) is 7.53. The number of halogens is 7. The van der Waals surface area contributed by atoms with Crippen LogP contribution in [0.2, 0.25) is 0 Å². The molecule has 0 saturated heterocycles. The van der Waals surface area contributed by atoms with E-state index in [-0.39, 0.29) is 21.7 Å². The maximum atomic E-state index is 13.6. The normalized spacial score (nSPS) is 16.3. The highest BCUT2D eigenvalue weighted by atomic mass is 35.5. The summed E-state index contributed by atoms with van der Waals surface area (Å²) in [5.41, 5.74) is -3.10. The zero-order valence-electron chi connectivity index (χ0n) is 15.1. The molecular formula is C19H20ClF6N. The van der Waals surface area contributed by atoms with Gasteiger partial charge in [-0.05, 0) is 36.6 Å². The van der Waals surface area contributed by atoms with E-state index in [1.807, 2.05) is 6.92 Å². The molecule has 0 bridgehead atoms. The lowest BCUT2D eigenvalue weighted by Crippen LogP contribution is -2.34. The lowest BCUT2D eigenvalue weighted by molar-refractivity contribution is -0.211. The second-order valence-electron chi connectivity index (χ2n) is 7.12. The Morgan fingerprint density at radius 3 is 2.22 bits per heavy atom. The van der Waals surface area contributed by atoms with Crippen molar-refractivity contribution in [1.29, 1.82) is 0 Å². The number of rotatable bonds is 4. The number of benzene rings is 1. The Balaban J connectivity index is 2.52. The SMILES string of the molecule is CCN1C=C(c2ccc(CC(C)(C)C(F)(F)F)cc2C(F)(F)F)C(Cl)=CC1. The van der Waals surface area contributed by atoms with E-state index in [9.17, 15) is 26.3 Å². The van der Waals surface area contributed by atoms with Crippen molar-refractivity contribution in [3.8, 4) is 0 Å². The molecule has 0 amide bonds. The minimum atomic E-state index is -4.72. The Kier molecular flexibility index (Phi) is 5.95. The third-order valence-corrected chi connectivity index (χ3v) is 4.93. The van der Waals surface area contributed by atoms with E-state index in [1.54, 1.807) is 17.2 Å². The van der Waals surface area contributed by atoms with Crippen LogP contribution in [-0.2, 0) is 12.6 Å². The topological polar surface area (TPSA) is 3.24 Å². The van der Waals surface area contributed by atoms with Gasteiger partial charge < -0.3 is 4.90 Å². The predicted molar refractivity (Wildman–Crippen MR) is 94.1 cm³/mol. The Bertz CT molecular complexity index is 758. The first kappa shape index (κ1) is 21.7. The van der Waals surface area contributed by atoms with Crippen molar-refractivity contribution in [2.75, 3.05) is 13.1 Å². The molecule has 1 aliphatic rings. The molecule has 0 unspecified atom stereocenters. The van der Waals surface area contributed by atoms with Crippen LogP contribution in [-0.4, -0.2) is 24.2 Å².